The maximum Gasteiger partial charge on any atom is 0.303 e. The molecule has 0 radical (unpaired) electrons. The van der Waals surface area contributed by atoms with E-state index in [2.05, 4.69) is 9.97 Å². The fourth-order valence-electron chi connectivity index (χ4n) is 3.70. The SMILES string of the molecule is O=C(O)CCCC=CC[C@H]1[C@@H](O)CC(=O)[C@@H]1C=C[C@@H](O)c1nc2ccccc2[nH]1. The third-order valence-corrected chi connectivity index (χ3v) is 5.26. The summed E-state index contributed by atoms with van der Waals surface area (Å²) >= 11 is 0. The van der Waals surface area contributed by atoms with Crippen molar-refractivity contribution in [3.8, 4) is 0 Å². The average molecular weight is 398 g/mol. The van der Waals surface area contributed by atoms with Gasteiger partial charge in [0.2, 0.25) is 0 Å². The minimum atomic E-state index is -0.972. The lowest BCUT2D eigenvalue weighted by molar-refractivity contribution is -0.137. The Kier molecular flexibility index (Phi) is 6.95. The van der Waals surface area contributed by atoms with E-state index in [1.807, 2.05) is 36.4 Å². The standard InChI is InChI=1S/C22H26N2O5/c25-18(22-23-16-8-5-6-9-17(16)24-22)12-11-15-14(19(26)13-20(15)27)7-3-1-2-4-10-21(28)29/h1,3,5-6,8-9,11-12,14-15,18-19,25-26H,2,4,7,10,13H2,(H,23,24)(H,28,29)/t14-,15-,18-,19+/m1/s1. The summed E-state index contributed by atoms with van der Waals surface area (Å²) in [6, 6.07) is 7.47. The number of carboxylic acids is 1. The van der Waals surface area contributed by atoms with Crippen molar-refractivity contribution >= 4 is 22.8 Å². The summed E-state index contributed by atoms with van der Waals surface area (Å²) in [4.78, 5) is 30.2. The van der Waals surface area contributed by atoms with Gasteiger partial charge in [0.1, 0.15) is 17.7 Å². The number of Topliss-reactive ketones (excluding diaryl/α,β-unsaturated/α-hetero) is 1. The summed E-state index contributed by atoms with van der Waals surface area (Å²) in [7, 11) is 0. The van der Waals surface area contributed by atoms with Crippen molar-refractivity contribution in [2.75, 3.05) is 0 Å². The van der Waals surface area contributed by atoms with Crippen LogP contribution in [0.1, 0.15) is 44.0 Å². The number of aliphatic hydroxyl groups excluding tert-OH is 2. The molecule has 1 aliphatic carbocycles. The first kappa shape index (κ1) is 21.0. The molecule has 4 atom stereocenters. The summed E-state index contributed by atoms with van der Waals surface area (Å²) in [5.41, 5.74) is 1.58. The highest BCUT2D eigenvalue weighted by Gasteiger charge is 2.39. The molecule has 7 heteroatoms. The van der Waals surface area contributed by atoms with Crippen LogP contribution in [0.5, 0.6) is 0 Å². The number of carbonyl (C=O) groups is 2. The Morgan fingerprint density at radius 3 is 2.86 bits per heavy atom. The molecular weight excluding hydrogens is 372 g/mol. The van der Waals surface area contributed by atoms with Gasteiger partial charge in [0, 0.05) is 24.7 Å². The number of nitrogens with one attached hydrogen (secondary N) is 1. The highest BCUT2D eigenvalue weighted by molar-refractivity contribution is 5.86. The van der Waals surface area contributed by atoms with E-state index in [0.717, 1.165) is 11.0 Å². The largest absolute Gasteiger partial charge is 0.481 e. The number of rotatable bonds is 9. The molecule has 1 aromatic heterocycles. The number of para-hydroxylation sites is 2. The number of aliphatic hydroxyl groups is 2. The van der Waals surface area contributed by atoms with Gasteiger partial charge in [-0.05, 0) is 31.4 Å². The first-order chi connectivity index (χ1) is 14.0. The summed E-state index contributed by atoms with van der Waals surface area (Å²) in [5.74, 6) is -1.17. The van der Waals surface area contributed by atoms with Crippen molar-refractivity contribution in [1.29, 1.82) is 0 Å². The van der Waals surface area contributed by atoms with E-state index in [1.165, 1.54) is 0 Å². The van der Waals surface area contributed by atoms with Crippen LogP contribution in [0.15, 0.2) is 48.6 Å². The van der Waals surface area contributed by atoms with Gasteiger partial charge in [-0.25, -0.2) is 4.98 Å². The predicted molar refractivity (Wildman–Crippen MR) is 108 cm³/mol. The van der Waals surface area contributed by atoms with Crippen LogP contribution in [-0.2, 0) is 9.59 Å². The lowest BCUT2D eigenvalue weighted by atomic mass is 9.90. The van der Waals surface area contributed by atoms with E-state index in [9.17, 15) is 19.8 Å². The number of benzene rings is 1. The number of carboxylic acid groups (broad SMARTS) is 1. The third-order valence-electron chi connectivity index (χ3n) is 5.26. The van der Waals surface area contributed by atoms with Gasteiger partial charge in [-0.3, -0.25) is 9.59 Å². The molecule has 1 aromatic carbocycles. The van der Waals surface area contributed by atoms with Gasteiger partial charge in [0.05, 0.1) is 17.1 Å². The number of hydrogen-bond acceptors (Lipinski definition) is 5. The maximum atomic E-state index is 12.3. The number of nitrogens with zero attached hydrogens (tertiary/aromatic N) is 1. The van der Waals surface area contributed by atoms with Crippen LogP contribution in [0, 0.1) is 11.8 Å². The Morgan fingerprint density at radius 1 is 1.31 bits per heavy atom. The number of H-pyrrole nitrogens is 1. The monoisotopic (exact) mass is 398 g/mol. The summed E-state index contributed by atoms with van der Waals surface area (Å²) in [6.07, 6.45) is 7.26. The molecule has 0 aliphatic heterocycles. The van der Waals surface area contributed by atoms with Crippen LogP contribution in [0.2, 0.25) is 0 Å². The van der Waals surface area contributed by atoms with Crippen molar-refractivity contribution < 1.29 is 24.9 Å². The molecule has 0 unspecified atom stereocenters. The topological polar surface area (TPSA) is 124 Å². The molecular formula is C22H26N2O5. The van der Waals surface area contributed by atoms with Crippen LogP contribution in [0.3, 0.4) is 0 Å². The van der Waals surface area contributed by atoms with Crippen LogP contribution in [-0.4, -0.2) is 43.1 Å². The number of ketones is 1. The second-order valence-corrected chi connectivity index (χ2v) is 7.39. The third kappa shape index (κ3) is 5.40. The molecule has 1 saturated carbocycles. The van der Waals surface area contributed by atoms with Gasteiger partial charge in [-0.1, -0.05) is 36.4 Å². The second kappa shape index (κ2) is 9.62. The van der Waals surface area contributed by atoms with Crippen molar-refractivity contribution in [2.24, 2.45) is 11.8 Å². The summed E-state index contributed by atoms with van der Waals surface area (Å²) in [5, 5.41) is 29.3. The molecule has 1 fully saturated rings. The number of allylic oxidation sites excluding steroid dienone is 3. The molecule has 154 valence electrons. The molecule has 0 spiro atoms. The zero-order valence-corrected chi connectivity index (χ0v) is 16.1. The van der Waals surface area contributed by atoms with E-state index >= 15 is 0 Å². The zero-order chi connectivity index (χ0) is 20.8. The minimum Gasteiger partial charge on any atom is -0.481 e. The molecule has 2 aromatic rings. The summed E-state index contributed by atoms with van der Waals surface area (Å²) < 4.78 is 0. The number of imidazole rings is 1. The van der Waals surface area contributed by atoms with Crippen molar-refractivity contribution in [3.05, 3.63) is 54.4 Å². The second-order valence-electron chi connectivity index (χ2n) is 7.39. The molecule has 7 nitrogen and oxygen atoms in total. The smallest absolute Gasteiger partial charge is 0.303 e. The number of fused-ring (bicyclic) bond motifs is 1. The number of unbranched alkanes of at least 4 members (excludes halogenated alkanes) is 1. The first-order valence-electron chi connectivity index (χ1n) is 9.84. The van der Waals surface area contributed by atoms with E-state index in [-0.39, 0.29) is 24.5 Å². The van der Waals surface area contributed by atoms with E-state index in [1.54, 1.807) is 12.2 Å². The molecule has 4 N–H and O–H groups in total. The highest BCUT2D eigenvalue weighted by atomic mass is 16.4. The molecule has 0 amide bonds. The van der Waals surface area contributed by atoms with Crippen LogP contribution >= 0.6 is 0 Å². The van der Waals surface area contributed by atoms with Gasteiger partial charge in [0.25, 0.3) is 0 Å². The van der Waals surface area contributed by atoms with Crippen LogP contribution in [0.25, 0.3) is 11.0 Å². The first-order valence-corrected chi connectivity index (χ1v) is 9.84. The van der Waals surface area contributed by atoms with Crippen LogP contribution in [0.4, 0.5) is 0 Å². The van der Waals surface area contributed by atoms with Crippen molar-refractivity contribution in [2.45, 2.75) is 44.3 Å². The molecule has 29 heavy (non-hydrogen) atoms. The Hall–Kier alpha value is -2.77. The predicted octanol–water partition coefficient (Wildman–Crippen LogP) is 2.92. The number of aromatic amines is 1. The molecule has 1 aliphatic rings. The lowest BCUT2D eigenvalue weighted by Crippen LogP contribution is -2.18. The quantitative estimate of drug-likeness (QED) is 0.380. The van der Waals surface area contributed by atoms with Gasteiger partial charge in [-0.2, -0.15) is 0 Å². The number of aliphatic carboxylic acids is 1. The minimum absolute atomic E-state index is 0.0465. The van der Waals surface area contributed by atoms with Crippen molar-refractivity contribution in [1.82, 2.24) is 9.97 Å². The zero-order valence-electron chi connectivity index (χ0n) is 16.1. The summed E-state index contributed by atoms with van der Waals surface area (Å²) in [6.45, 7) is 0. The van der Waals surface area contributed by atoms with Crippen LogP contribution < -0.4 is 0 Å². The average Bonchev–Trinajstić information content (AvgIpc) is 3.23. The van der Waals surface area contributed by atoms with Gasteiger partial charge < -0.3 is 20.3 Å². The Morgan fingerprint density at radius 2 is 2.10 bits per heavy atom. The van der Waals surface area contributed by atoms with E-state index in [0.29, 0.717) is 25.1 Å². The van der Waals surface area contributed by atoms with Gasteiger partial charge in [0.15, 0.2) is 0 Å². The normalized spacial score (nSPS) is 23.5. The lowest BCUT2D eigenvalue weighted by Gasteiger charge is -2.16. The highest BCUT2D eigenvalue weighted by Crippen LogP contribution is 2.34. The number of hydrogen-bond donors (Lipinski definition) is 4. The number of aromatic nitrogens is 2. The molecule has 1 heterocycles. The fourth-order valence-corrected chi connectivity index (χ4v) is 3.70. The Labute approximate surface area is 168 Å². The molecule has 3 rings (SSSR count). The van der Waals surface area contributed by atoms with Gasteiger partial charge in [-0.15, -0.1) is 0 Å². The Balaban J connectivity index is 1.61. The maximum absolute atomic E-state index is 12.3. The van der Waals surface area contributed by atoms with E-state index < -0.39 is 24.1 Å². The Bertz CT molecular complexity index is 884. The molecule has 0 bridgehead atoms. The van der Waals surface area contributed by atoms with E-state index in [4.69, 9.17) is 5.11 Å². The number of carbonyl (C=O) groups excluding carboxylic acids is 1. The molecule has 0 saturated heterocycles. The van der Waals surface area contributed by atoms with Crippen molar-refractivity contribution in [3.63, 3.8) is 0 Å². The fraction of sp³-hybridized carbons (Fsp3) is 0.409. The van der Waals surface area contributed by atoms with Gasteiger partial charge >= 0.3 is 5.97 Å².